The smallest absolute Gasteiger partial charge is 0.135 e. The molecule has 0 saturated carbocycles. The third kappa shape index (κ3) is 2.41. The van der Waals surface area contributed by atoms with Gasteiger partial charge >= 0.3 is 0 Å². The molecule has 0 heterocycles. The zero-order valence-corrected chi connectivity index (χ0v) is 11.6. The molecule has 14 heavy (non-hydrogen) atoms. The first-order valence-electron chi connectivity index (χ1n) is 4.71. The van der Waals surface area contributed by atoms with E-state index in [4.69, 9.17) is 4.74 Å². The van der Waals surface area contributed by atoms with Gasteiger partial charge in [-0.25, -0.2) is 0 Å². The van der Waals surface area contributed by atoms with Gasteiger partial charge < -0.3 is 4.74 Å². The molecule has 0 bridgehead atoms. The lowest BCUT2D eigenvalue weighted by molar-refractivity contribution is 0.394. The molecule has 0 aliphatic heterocycles. The summed E-state index contributed by atoms with van der Waals surface area (Å²) in [5.41, 5.74) is 2.71. The second-order valence-corrected chi connectivity index (χ2v) is 5.74. The highest BCUT2D eigenvalue weighted by molar-refractivity contribution is 14.1. The molecule has 0 fully saturated rings. The van der Waals surface area contributed by atoms with E-state index in [2.05, 4.69) is 62.4 Å². The average Bonchev–Trinajstić information content (AvgIpc) is 2.01. The standard InChI is InChI=1S/C12H17IO/c1-8-6-9(12(2,3)4)11(14-5)10(13)7-8/h6-7H,1-5H3. The molecule has 1 aromatic carbocycles. The van der Waals surface area contributed by atoms with Crippen LogP contribution in [0, 0.1) is 10.5 Å². The van der Waals surface area contributed by atoms with E-state index in [0.717, 1.165) is 5.75 Å². The van der Waals surface area contributed by atoms with E-state index in [0.29, 0.717) is 0 Å². The van der Waals surface area contributed by atoms with E-state index >= 15 is 0 Å². The van der Waals surface area contributed by atoms with Crippen LogP contribution in [-0.2, 0) is 5.41 Å². The van der Waals surface area contributed by atoms with Crippen LogP contribution in [0.3, 0.4) is 0 Å². The molecule has 0 saturated heterocycles. The van der Waals surface area contributed by atoms with Gasteiger partial charge in [0.05, 0.1) is 10.7 Å². The predicted molar refractivity (Wildman–Crippen MR) is 69.1 cm³/mol. The van der Waals surface area contributed by atoms with Crippen molar-refractivity contribution in [3.63, 3.8) is 0 Å². The summed E-state index contributed by atoms with van der Waals surface area (Å²) in [6, 6.07) is 4.36. The number of ether oxygens (including phenoxy) is 1. The Labute approximate surface area is 100.0 Å². The zero-order valence-electron chi connectivity index (χ0n) is 9.44. The van der Waals surface area contributed by atoms with Gasteiger partial charge in [0.1, 0.15) is 5.75 Å². The molecule has 0 spiro atoms. The molecule has 1 rings (SSSR count). The minimum atomic E-state index is 0.136. The van der Waals surface area contributed by atoms with Gasteiger partial charge in [-0.15, -0.1) is 0 Å². The number of hydrogen-bond acceptors (Lipinski definition) is 1. The van der Waals surface area contributed by atoms with Gasteiger partial charge in [0.2, 0.25) is 0 Å². The van der Waals surface area contributed by atoms with Gasteiger partial charge in [-0.2, -0.15) is 0 Å². The van der Waals surface area contributed by atoms with Crippen LogP contribution in [0.4, 0.5) is 0 Å². The summed E-state index contributed by atoms with van der Waals surface area (Å²) in [5.74, 6) is 1.02. The molecule has 1 aromatic rings. The Morgan fingerprint density at radius 2 is 1.79 bits per heavy atom. The third-order valence-electron chi connectivity index (χ3n) is 2.20. The Balaban J connectivity index is 3.40. The lowest BCUT2D eigenvalue weighted by Gasteiger charge is -2.23. The molecule has 2 heteroatoms. The van der Waals surface area contributed by atoms with Gasteiger partial charge in [-0.1, -0.05) is 26.8 Å². The van der Waals surface area contributed by atoms with Crippen molar-refractivity contribution in [1.82, 2.24) is 0 Å². The van der Waals surface area contributed by atoms with E-state index in [-0.39, 0.29) is 5.41 Å². The highest BCUT2D eigenvalue weighted by Gasteiger charge is 2.20. The molecule has 0 unspecified atom stereocenters. The lowest BCUT2D eigenvalue weighted by Crippen LogP contribution is -2.13. The Morgan fingerprint density at radius 3 is 2.21 bits per heavy atom. The summed E-state index contributed by atoms with van der Waals surface area (Å²) in [4.78, 5) is 0. The number of rotatable bonds is 1. The maximum absolute atomic E-state index is 5.45. The number of hydrogen-bond donors (Lipinski definition) is 0. The molecule has 0 atom stereocenters. The van der Waals surface area contributed by atoms with Gasteiger partial charge in [0.15, 0.2) is 0 Å². The quantitative estimate of drug-likeness (QED) is 0.715. The zero-order chi connectivity index (χ0) is 10.9. The van der Waals surface area contributed by atoms with Crippen molar-refractivity contribution < 1.29 is 4.74 Å². The van der Waals surface area contributed by atoms with Crippen molar-refractivity contribution in [2.24, 2.45) is 0 Å². The van der Waals surface area contributed by atoms with E-state index < -0.39 is 0 Å². The fourth-order valence-corrected chi connectivity index (χ4v) is 2.50. The maximum atomic E-state index is 5.45. The Hall–Kier alpha value is -0.250. The third-order valence-corrected chi connectivity index (χ3v) is 3.00. The first-order chi connectivity index (χ1) is 6.36. The van der Waals surface area contributed by atoms with Crippen LogP contribution in [0.5, 0.6) is 5.75 Å². The Bertz CT molecular complexity index is 337. The summed E-state index contributed by atoms with van der Waals surface area (Å²) in [7, 11) is 1.74. The van der Waals surface area contributed by atoms with Gasteiger partial charge in [-0.3, -0.25) is 0 Å². The minimum Gasteiger partial charge on any atom is -0.495 e. The normalized spacial score (nSPS) is 11.6. The molecule has 0 radical (unpaired) electrons. The monoisotopic (exact) mass is 304 g/mol. The lowest BCUT2D eigenvalue weighted by atomic mass is 9.85. The topological polar surface area (TPSA) is 9.23 Å². The van der Waals surface area contributed by atoms with Crippen molar-refractivity contribution in [1.29, 1.82) is 0 Å². The van der Waals surface area contributed by atoms with E-state index in [1.807, 2.05) is 0 Å². The van der Waals surface area contributed by atoms with Crippen LogP contribution in [0.2, 0.25) is 0 Å². The highest BCUT2D eigenvalue weighted by Crippen LogP contribution is 2.35. The summed E-state index contributed by atoms with van der Waals surface area (Å²) >= 11 is 2.33. The first kappa shape index (κ1) is 11.8. The Morgan fingerprint density at radius 1 is 1.21 bits per heavy atom. The maximum Gasteiger partial charge on any atom is 0.135 e. The van der Waals surface area contributed by atoms with Crippen LogP contribution in [-0.4, -0.2) is 7.11 Å². The van der Waals surface area contributed by atoms with Crippen molar-refractivity contribution in [2.45, 2.75) is 33.1 Å². The number of benzene rings is 1. The van der Waals surface area contributed by atoms with Gasteiger partial charge in [0, 0.05) is 5.56 Å². The van der Waals surface area contributed by atoms with Crippen LogP contribution in [0.1, 0.15) is 31.9 Å². The second-order valence-electron chi connectivity index (χ2n) is 4.58. The van der Waals surface area contributed by atoms with E-state index in [9.17, 15) is 0 Å². The van der Waals surface area contributed by atoms with E-state index in [1.165, 1.54) is 14.7 Å². The molecule has 0 aromatic heterocycles. The van der Waals surface area contributed by atoms with Gasteiger partial charge in [0.25, 0.3) is 0 Å². The fraction of sp³-hybridized carbons (Fsp3) is 0.500. The SMILES string of the molecule is COc1c(I)cc(C)cc1C(C)(C)C. The molecule has 0 aliphatic rings. The molecule has 78 valence electrons. The van der Waals surface area contributed by atoms with Crippen molar-refractivity contribution >= 4 is 22.6 Å². The molecule has 1 nitrogen and oxygen atoms in total. The summed E-state index contributed by atoms with van der Waals surface area (Å²) < 4.78 is 6.64. The molecule has 0 aliphatic carbocycles. The van der Waals surface area contributed by atoms with Crippen molar-refractivity contribution in [3.8, 4) is 5.75 Å². The number of methoxy groups -OCH3 is 1. The molecule has 0 N–H and O–H groups in total. The second kappa shape index (κ2) is 4.09. The molecular weight excluding hydrogens is 287 g/mol. The Kier molecular flexibility index (Phi) is 3.45. The number of aryl methyl sites for hydroxylation is 1. The number of halogens is 1. The summed E-state index contributed by atoms with van der Waals surface area (Å²) in [6.07, 6.45) is 0. The fourth-order valence-electron chi connectivity index (χ4n) is 1.49. The predicted octanol–water partition coefficient (Wildman–Crippen LogP) is 3.91. The average molecular weight is 304 g/mol. The minimum absolute atomic E-state index is 0.136. The van der Waals surface area contributed by atoms with Crippen molar-refractivity contribution in [3.05, 3.63) is 26.8 Å². The first-order valence-corrected chi connectivity index (χ1v) is 5.78. The van der Waals surface area contributed by atoms with Crippen molar-refractivity contribution in [2.75, 3.05) is 7.11 Å². The summed E-state index contributed by atoms with van der Waals surface area (Å²) in [5, 5.41) is 0. The summed E-state index contributed by atoms with van der Waals surface area (Å²) in [6.45, 7) is 8.75. The van der Waals surface area contributed by atoms with Crippen LogP contribution >= 0.6 is 22.6 Å². The largest absolute Gasteiger partial charge is 0.495 e. The van der Waals surface area contributed by atoms with Crippen LogP contribution in [0.25, 0.3) is 0 Å². The van der Waals surface area contributed by atoms with E-state index in [1.54, 1.807) is 7.11 Å². The molecular formula is C12H17IO. The molecule has 0 amide bonds. The van der Waals surface area contributed by atoms with Crippen LogP contribution < -0.4 is 4.74 Å². The van der Waals surface area contributed by atoms with Gasteiger partial charge in [-0.05, 0) is 46.6 Å². The highest BCUT2D eigenvalue weighted by atomic mass is 127. The van der Waals surface area contributed by atoms with Crippen LogP contribution in [0.15, 0.2) is 12.1 Å².